The average molecular weight is 358 g/mol. The maximum absolute atomic E-state index is 15.3. The molecule has 2 heterocycles. The van der Waals surface area contributed by atoms with Gasteiger partial charge in [0.25, 0.3) is 0 Å². The molecular formula is C21H21F3N2. The van der Waals surface area contributed by atoms with Crippen LogP contribution in [0, 0.1) is 18.6 Å². The zero-order chi connectivity index (χ0) is 18.3. The number of aryl methyl sites for hydroxylation is 1. The third-order valence-electron chi connectivity index (χ3n) is 5.31. The smallest absolute Gasteiger partial charge is 0.182 e. The van der Waals surface area contributed by atoms with Crippen molar-refractivity contribution in [2.24, 2.45) is 0 Å². The summed E-state index contributed by atoms with van der Waals surface area (Å²) in [6.45, 7) is 1.99. The van der Waals surface area contributed by atoms with E-state index in [1.165, 1.54) is 19.1 Å². The second-order valence-electron chi connectivity index (χ2n) is 7.00. The van der Waals surface area contributed by atoms with E-state index in [4.69, 9.17) is 0 Å². The molecule has 3 aromatic rings. The van der Waals surface area contributed by atoms with Crippen LogP contribution in [0.5, 0.6) is 0 Å². The summed E-state index contributed by atoms with van der Waals surface area (Å²) < 4.78 is 43.5. The Morgan fingerprint density at radius 3 is 2.69 bits per heavy atom. The molecule has 2 atom stereocenters. The molecule has 2 unspecified atom stereocenters. The fraction of sp³-hybridized carbons (Fsp3) is 0.333. The van der Waals surface area contributed by atoms with Crippen molar-refractivity contribution >= 4 is 10.9 Å². The largest absolute Gasteiger partial charge is 0.357 e. The minimum Gasteiger partial charge on any atom is -0.357 e. The van der Waals surface area contributed by atoms with E-state index in [0.717, 1.165) is 35.9 Å². The number of benzene rings is 2. The van der Waals surface area contributed by atoms with E-state index < -0.39 is 17.9 Å². The van der Waals surface area contributed by atoms with Crippen molar-refractivity contribution < 1.29 is 13.2 Å². The summed E-state index contributed by atoms with van der Waals surface area (Å²) in [4.78, 5) is 5.00. The number of likely N-dealkylation sites (tertiary alicyclic amines) is 1. The van der Waals surface area contributed by atoms with E-state index >= 15 is 4.39 Å². The first-order valence-electron chi connectivity index (χ1n) is 8.98. The maximum Gasteiger partial charge on any atom is 0.182 e. The Bertz CT molecular complexity index is 901. The van der Waals surface area contributed by atoms with Gasteiger partial charge >= 0.3 is 0 Å². The molecule has 0 spiro atoms. The molecule has 2 aromatic carbocycles. The molecule has 0 amide bonds. The quantitative estimate of drug-likeness (QED) is 0.573. The van der Waals surface area contributed by atoms with E-state index in [2.05, 4.69) is 4.98 Å². The van der Waals surface area contributed by atoms with Gasteiger partial charge in [0.05, 0.1) is 6.04 Å². The average Bonchev–Trinajstić information content (AvgIpc) is 3.10. The minimum atomic E-state index is -1.68. The Labute approximate surface area is 150 Å². The first kappa shape index (κ1) is 17.2. The summed E-state index contributed by atoms with van der Waals surface area (Å²) in [6, 6.07) is 12.5. The molecule has 4 rings (SSSR count). The maximum atomic E-state index is 15.3. The first-order chi connectivity index (χ1) is 12.6. The van der Waals surface area contributed by atoms with Crippen molar-refractivity contribution in [2.45, 2.75) is 38.5 Å². The van der Waals surface area contributed by atoms with Gasteiger partial charge in [-0.05, 0) is 42.8 Å². The summed E-state index contributed by atoms with van der Waals surface area (Å²) >= 11 is 0. The highest BCUT2D eigenvalue weighted by Crippen LogP contribution is 2.39. The van der Waals surface area contributed by atoms with Crippen LogP contribution in [0.3, 0.4) is 0 Å². The molecule has 1 aliphatic heterocycles. The van der Waals surface area contributed by atoms with Crippen LogP contribution in [0.1, 0.15) is 48.4 Å². The molecule has 2 nitrogen and oxygen atoms in total. The van der Waals surface area contributed by atoms with Gasteiger partial charge in [-0.15, -0.1) is 0 Å². The van der Waals surface area contributed by atoms with Gasteiger partial charge in [-0.3, -0.25) is 4.90 Å². The topological polar surface area (TPSA) is 19.0 Å². The van der Waals surface area contributed by atoms with Gasteiger partial charge < -0.3 is 4.98 Å². The molecular weight excluding hydrogens is 337 g/mol. The van der Waals surface area contributed by atoms with Crippen LogP contribution >= 0.6 is 0 Å². The number of para-hydroxylation sites is 1. The molecule has 0 aliphatic carbocycles. The summed E-state index contributed by atoms with van der Waals surface area (Å²) in [5, 5.41) is 1.07. The van der Waals surface area contributed by atoms with Crippen molar-refractivity contribution in [1.29, 1.82) is 0 Å². The lowest BCUT2D eigenvalue weighted by atomic mass is 9.97. The lowest BCUT2D eigenvalue weighted by molar-refractivity contribution is 0.0117. The third kappa shape index (κ3) is 2.90. The highest BCUT2D eigenvalue weighted by Gasteiger charge is 2.33. The van der Waals surface area contributed by atoms with Crippen LogP contribution in [-0.2, 0) is 0 Å². The SMILES string of the molecule is Cc1ccc(C(F)N2CCCCC2c2cc3ccccc3[nH]2)c(F)c1F. The van der Waals surface area contributed by atoms with E-state index in [1.807, 2.05) is 30.3 Å². The van der Waals surface area contributed by atoms with Crippen LogP contribution in [0.15, 0.2) is 42.5 Å². The Kier molecular flexibility index (Phi) is 4.49. The number of halogens is 3. The highest BCUT2D eigenvalue weighted by atomic mass is 19.2. The number of aromatic amines is 1. The van der Waals surface area contributed by atoms with Crippen molar-refractivity contribution in [3.63, 3.8) is 0 Å². The number of hydrogen-bond donors (Lipinski definition) is 1. The van der Waals surface area contributed by atoms with Crippen molar-refractivity contribution in [2.75, 3.05) is 6.54 Å². The van der Waals surface area contributed by atoms with Crippen LogP contribution < -0.4 is 0 Å². The monoisotopic (exact) mass is 358 g/mol. The highest BCUT2D eigenvalue weighted by molar-refractivity contribution is 5.80. The number of piperidine rings is 1. The number of fused-ring (bicyclic) bond motifs is 1. The second-order valence-corrected chi connectivity index (χ2v) is 7.00. The molecule has 136 valence electrons. The molecule has 1 aromatic heterocycles. The molecule has 5 heteroatoms. The molecule has 1 N–H and O–H groups in total. The summed E-state index contributed by atoms with van der Waals surface area (Å²) in [7, 11) is 0. The number of aromatic nitrogens is 1. The second kappa shape index (κ2) is 6.80. The van der Waals surface area contributed by atoms with Gasteiger partial charge in [-0.1, -0.05) is 36.8 Å². The number of hydrogen-bond acceptors (Lipinski definition) is 1. The Morgan fingerprint density at radius 1 is 1.08 bits per heavy atom. The fourth-order valence-electron chi connectivity index (χ4n) is 3.86. The zero-order valence-electron chi connectivity index (χ0n) is 14.6. The van der Waals surface area contributed by atoms with Crippen LogP contribution in [-0.4, -0.2) is 16.4 Å². The van der Waals surface area contributed by atoms with Gasteiger partial charge in [0.1, 0.15) is 0 Å². The van der Waals surface area contributed by atoms with Crippen LogP contribution in [0.2, 0.25) is 0 Å². The third-order valence-corrected chi connectivity index (χ3v) is 5.31. The Balaban J connectivity index is 1.70. The van der Waals surface area contributed by atoms with Crippen LogP contribution in [0.4, 0.5) is 13.2 Å². The van der Waals surface area contributed by atoms with Crippen molar-refractivity contribution in [3.8, 4) is 0 Å². The van der Waals surface area contributed by atoms with E-state index in [9.17, 15) is 8.78 Å². The molecule has 1 saturated heterocycles. The van der Waals surface area contributed by atoms with Gasteiger partial charge in [-0.2, -0.15) is 0 Å². The fourth-order valence-corrected chi connectivity index (χ4v) is 3.86. The van der Waals surface area contributed by atoms with Crippen molar-refractivity contribution in [1.82, 2.24) is 9.88 Å². The van der Waals surface area contributed by atoms with Gasteiger partial charge in [0.2, 0.25) is 0 Å². The van der Waals surface area contributed by atoms with Gasteiger partial charge in [0, 0.05) is 23.3 Å². The molecule has 1 aliphatic rings. The van der Waals surface area contributed by atoms with E-state index in [1.54, 1.807) is 4.90 Å². The summed E-state index contributed by atoms with van der Waals surface area (Å²) in [5.41, 5.74) is 1.87. The van der Waals surface area contributed by atoms with Gasteiger partial charge in [-0.25, -0.2) is 13.2 Å². The summed E-state index contributed by atoms with van der Waals surface area (Å²) in [5.74, 6) is -2.05. The summed E-state index contributed by atoms with van der Waals surface area (Å²) in [6.07, 6.45) is 0.923. The standard InChI is InChI=1S/C21H21F3N2/c1-13-9-10-15(20(23)19(13)22)21(24)26-11-5-4-8-18(26)17-12-14-6-2-3-7-16(14)25-17/h2-3,6-7,9-10,12,18,21,25H,4-5,8,11H2,1H3. The zero-order valence-corrected chi connectivity index (χ0v) is 14.6. The predicted molar refractivity (Wildman–Crippen MR) is 96.5 cm³/mol. The number of nitrogens with one attached hydrogen (secondary N) is 1. The normalized spacial score (nSPS) is 19.8. The Morgan fingerprint density at radius 2 is 1.88 bits per heavy atom. The van der Waals surface area contributed by atoms with Crippen LogP contribution in [0.25, 0.3) is 10.9 Å². The van der Waals surface area contributed by atoms with Crippen molar-refractivity contribution in [3.05, 3.63) is 70.9 Å². The lowest BCUT2D eigenvalue weighted by Crippen LogP contribution is -2.35. The molecule has 0 radical (unpaired) electrons. The molecule has 0 bridgehead atoms. The number of alkyl halides is 1. The number of H-pyrrole nitrogens is 1. The number of rotatable bonds is 3. The Hall–Kier alpha value is -2.27. The van der Waals surface area contributed by atoms with E-state index in [0.29, 0.717) is 6.54 Å². The van der Waals surface area contributed by atoms with Gasteiger partial charge in [0.15, 0.2) is 17.9 Å². The number of nitrogens with zero attached hydrogens (tertiary/aromatic N) is 1. The first-order valence-corrected chi connectivity index (χ1v) is 8.98. The predicted octanol–water partition coefficient (Wildman–Crippen LogP) is 5.95. The molecule has 26 heavy (non-hydrogen) atoms. The molecule has 0 saturated carbocycles. The minimum absolute atomic E-state index is 0.185. The molecule has 1 fully saturated rings. The lowest BCUT2D eigenvalue weighted by Gasteiger charge is -2.37. The van der Waals surface area contributed by atoms with E-state index in [-0.39, 0.29) is 17.2 Å².